The van der Waals surface area contributed by atoms with Crippen molar-refractivity contribution in [2.45, 2.75) is 26.2 Å². The van der Waals surface area contributed by atoms with E-state index in [9.17, 15) is 14.7 Å². The van der Waals surface area contributed by atoms with Crippen LogP contribution in [0.15, 0.2) is 36.4 Å². The Morgan fingerprint density at radius 2 is 1.86 bits per heavy atom. The number of nitrogens with zero attached hydrogens (tertiary/aromatic N) is 4. The zero-order valence-corrected chi connectivity index (χ0v) is 16.2. The molecule has 8 heteroatoms. The highest BCUT2D eigenvalue weighted by Crippen LogP contribution is 2.30. The van der Waals surface area contributed by atoms with Crippen molar-refractivity contribution >= 4 is 22.9 Å². The molecule has 0 saturated carbocycles. The number of para-hydroxylation sites is 1. The number of aromatic nitrogens is 3. The first-order valence-electron chi connectivity index (χ1n) is 9.64. The molecular formula is C21H22N4O4. The molecule has 2 aromatic heterocycles. The van der Waals surface area contributed by atoms with Gasteiger partial charge in [0.1, 0.15) is 5.75 Å². The largest absolute Gasteiger partial charge is 0.483 e. The lowest BCUT2D eigenvalue weighted by molar-refractivity contribution is -0.134. The van der Waals surface area contributed by atoms with Gasteiger partial charge in [-0.2, -0.15) is 5.10 Å². The average Bonchev–Trinajstić information content (AvgIpc) is 3.09. The number of likely N-dealkylation sites (tertiary alicyclic amines) is 1. The molecule has 1 fully saturated rings. The molecule has 0 aliphatic carbocycles. The third-order valence-corrected chi connectivity index (χ3v) is 5.06. The van der Waals surface area contributed by atoms with Crippen molar-refractivity contribution in [3.63, 3.8) is 0 Å². The summed E-state index contributed by atoms with van der Waals surface area (Å²) in [6.07, 6.45) is 3.13. The fourth-order valence-electron chi connectivity index (χ4n) is 3.60. The van der Waals surface area contributed by atoms with E-state index < -0.39 is 5.97 Å². The summed E-state index contributed by atoms with van der Waals surface area (Å²) in [7, 11) is 0. The van der Waals surface area contributed by atoms with Crippen LogP contribution in [0, 0.1) is 6.92 Å². The average molecular weight is 394 g/mol. The van der Waals surface area contributed by atoms with E-state index in [-0.39, 0.29) is 18.2 Å². The third-order valence-electron chi connectivity index (χ3n) is 5.06. The van der Waals surface area contributed by atoms with Gasteiger partial charge in [-0.25, -0.2) is 14.5 Å². The zero-order valence-electron chi connectivity index (χ0n) is 16.2. The number of benzene rings is 1. The van der Waals surface area contributed by atoms with Crippen LogP contribution < -0.4 is 4.74 Å². The number of carbonyl (C=O) groups excluding carboxylic acids is 1. The topological polar surface area (TPSA) is 97.5 Å². The van der Waals surface area contributed by atoms with Crippen molar-refractivity contribution < 1.29 is 19.4 Å². The lowest BCUT2D eigenvalue weighted by Gasteiger charge is -2.26. The van der Waals surface area contributed by atoms with E-state index in [1.807, 2.05) is 37.3 Å². The number of rotatable bonds is 5. The molecule has 3 heterocycles. The highest BCUT2D eigenvalue weighted by molar-refractivity contribution is 5.94. The number of hydrogen-bond donors (Lipinski definition) is 1. The van der Waals surface area contributed by atoms with Gasteiger partial charge in [-0.3, -0.25) is 4.79 Å². The Labute approximate surface area is 167 Å². The minimum atomic E-state index is -1.17. The number of carbonyl (C=O) groups is 2. The van der Waals surface area contributed by atoms with E-state index in [0.29, 0.717) is 22.5 Å². The minimum absolute atomic E-state index is 0.0976. The van der Waals surface area contributed by atoms with Crippen molar-refractivity contribution in [3.8, 4) is 11.4 Å². The van der Waals surface area contributed by atoms with Gasteiger partial charge in [0.2, 0.25) is 0 Å². The third kappa shape index (κ3) is 3.78. The van der Waals surface area contributed by atoms with Crippen molar-refractivity contribution in [1.29, 1.82) is 0 Å². The predicted molar refractivity (Wildman–Crippen MR) is 106 cm³/mol. The van der Waals surface area contributed by atoms with Crippen LogP contribution in [0.4, 0.5) is 0 Å². The monoisotopic (exact) mass is 394 g/mol. The number of fused-ring (bicyclic) bond motifs is 1. The molecule has 0 bridgehead atoms. The Morgan fingerprint density at radius 1 is 1.14 bits per heavy atom. The summed E-state index contributed by atoms with van der Waals surface area (Å²) in [6.45, 7) is 3.13. The van der Waals surface area contributed by atoms with Gasteiger partial charge < -0.3 is 14.7 Å². The lowest BCUT2D eigenvalue weighted by atomic mass is 10.1. The molecule has 1 aliphatic heterocycles. The number of ether oxygens (including phenoxy) is 1. The van der Waals surface area contributed by atoms with Crippen molar-refractivity contribution in [2.75, 3.05) is 19.7 Å². The number of aryl methyl sites for hydroxylation is 1. The first-order valence-corrected chi connectivity index (χ1v) is 9.64. The number of piperidine rings is 1. The molecule has 0 spiro atoms. The summed E-state index contributed by atoms with van der Waals surface area (Å²) in [5.41, 5.74) is 1.63. The molecule has 0 radical (unpaired) electrons. The van der Waals surface area contributed by atoms with Crippen molar-refractivity contribution in [3.05, 3.63) is 47.8 Å². The van der Waals surface area contributed by atoms with Gasteiger partial charge in [0, 0.05) is 19.2 Å². The SMILES string of the molecule is Cc1nn(-c2ccccc2)c2nc(C(=O)O)cc(OCC(=O)N3CCCCC3)c12. The minimum Gasteiger partial charge on any atom is -0.483 e. The van der Waals surface area contributed by atoms with E-state index >= 15 is 0 Å². The van der Waals surface area contributed by atoms with Crippen LogP contribution >= 0.6 is 0 Å². The first kappa shape index (κ1) is 18.9. The highest BCUT2D eigenvalue weighted by Gasteiger charge is 2.22. The highest BCUT2D eigenvalue weighted by atomic mass is 16.5. The summed E-state index contributed by atoms with van der Waals surface area (Å²) in [5.74, 6) is -0.963. The molecule has 0 atom stereocenters. The second kappa shape index (κ2) is 7.90. The van der Waals surface area contributed by atoms with Crippen molar-refractivity contribution in [2.24, 2.45) is 0 Å². The van der Waals surface area contributed by atoms with E-state index in [2.05, 4.69) is 10.1 Å². The van der Waals surface area contributed by atoms with Crippen LogP contribution in [0.25, 0.3) is 16.7 Å². The Balaban J connectivity index is 1.72. The summed E-state index contributed by atoms with van der Waals surface area (Å²) in [4.78, 5) is 30.2. The number of carboxylic acids is 1. The van der Waals surface area contributed by atoms with Gasteiger partial charge in [0.25, 0.3) is 5.91 Å². The maximum absolute atomic E-state index is 12.5. The summed E-state index contributed by atoms with van der Waals surface area (Å²) < 4.78 is 7.40. The van der Waals surface area contributed by atoms with Crippen LogP contribution in [-0.4, -0.2) is 56.3 Å². The Kier molecular flexibility index (Phi) is 5.16. The summed E-state index contributed by atoms with van der Waals surface area (Å²) in [5, 5.41) is 14.6. The molecule has 150 valence electrons. The molecule has 1 N–H and O–H groups in total. The molecule has 29 heavy (non-hydrogen) atoms. The predicted octanol–water partition coefficient (Wildman–Crippen LogP) is 2.82. The van der Waals surface area contributed by atoms with E-state index in [4.69, 9.17) is 4.74 Å². The second-order valence-electron chi connectivity index (χ2n) is 7.07. The molecule has 1 amide bonds. The smallest absolute Gasteiger partial charge is 0.354 e. The van der Waals surface area contributed by atoms with E-state index in [0.717, 1.165) is 38.0 Å². The molecular weight excluding hydrogens is 372 g/mol. The maximum Gasteiger partial charge on any atom is 0.354 e. The first-order chi connectivity index (χ1) is 14.0. The van der Waals surface area contributed by atoms with E-state index in [1.54, 1.807) is 9.58 Å². The number of pyridine rings is 1. The molecule has 4 rings (SSSR count). The molecule has 0 unspecified atom stereocenters. The quantitative estimate of drug-likeness (QED) is 0.715. The zero-order chi connectivity index (χ0) is 20.4. The number of carboxylic acid groups (broad SMARTS) is 1. The summed E-state index contributed by atoms with van der Waals surface area (Å²) in [6, 6.07) is 10.7. The molecule has 8 nitrogen and oxygen atoms in total. The second-order valence-corrected chi connectivity index (χ2v) is 7.07. The molecule has 1 saturated heterocycles. The molecule has 1 aliphatic rings. The number of amides is 1. The fraction of sp³-hybridized carbons (Fsp3) is 0.333. The Morgan fingerprint density at radius 3 is 2.55 bits per heavy atom. The number of aromatic carboxylic acids is 1. The summed E-state index contributed by atoms with van der Waals surface area (Å²) >= 11 is 0. The van der Waals surface area contributed by atoms with Crippen LogP contribution in [0.1, 0.15) is 35.4 Å². The van der Waals surface area contributed by atoms with Gasteiger partial charge in [-0.05, 0) is 38.3 Å². The normalized spacial score (nSPS) is 14.2. The van der Waals surface area contributed by atoms with Crippen LogP contribution in [-0.2, 0) is 4.79 Å². The van der Waals surface area contributed by atoms with Crippen LogP contribution in [0.2, 0.25) is 0 Å². The van der Waals surface area contributed by atoms with Gasteiger partial charge in [0.05, 0.1) is 16.8 Å². The molecule has 3 aromatic rings. The van der Waals surface area contributed by atoms with Crippen molar-refractivity contribution in [1.82, 2.24) is 19.7 Å². The van der Waals surface area contributed by atoms with Gasteiger partial charge in [-0.15, -0.1) is 0 Å². The molecule has 1 aromatic carbocycles. The number of hydrogen-bond acceptors (Lipinski definition) is 5. The lowest BCUT2D eigenvalue weighted by Crippen LogP contribution is -2.38. The van der Waals surface area contributed by atoms with Crippen LogP contribution in [0.3, 0.4) is 0 Å². The maximum atomic E-state index is 12.5. The van der Waals surface area contributed by atoms with Crippen LogP contribution in [0.5, 0.6) is 5.75 Å². The fourth-order valence-corrected chi connectivity index (χ4v) is 3.60. The van der Waals surface area contributed by atoms with Gasteiger partial charge >= 0.3 is 5.97 Å². The standard InChI is InChI=1S/C21H22N4O4/c1-14-19-17(29-13-18(26)24-10-6-3-7-11-24)12-16(21(27)28)22-20(19)25(23-14)15-8-4-2-5-9-15/h2,4-5,8-9,12H,3,6-7,10-11,13H2,1H3,(H,27,28). The van der Waals surface area contributed by atoms with E-state index in [1.165, 1.54) is 6.07 Å². The Bertz CT molecular complexity index is 1060. The Hall–Kier alpha value is -3.42. The van der Waals surface area contributed by atoms with Gasteiger partial charge in [-0.1, -0.05) is 18.2 Å². The van der Waals surface area contributed by atoms with Gasteiger partial charge in [0.15, 0.2) is 17.9 Å².